The van der Waals surface area contributed by atoms with Crippen molar-refractivity contribution in [2.75, 3.05) is 6.54 Å². The lowest BCUT2D eigenvalue weighted by Gasteiger charge is -1.96. The number of hydrogen-bond acceptors (Lipinski definition) is 1. The number of allylic oxidation sites excluding steroid dienone is 3. The Balaban J connectivity index is 4.10. The zero-order chi connectivity index (χ0) is 7.98. The summed E-state index contributed by atoms with van der Waals surface area (Å²) in [7, 11) is 0. The first-order valence-corrected chi connectivity index (χ1v) is 3.45. The van der Waals surface area contributed by atoms with Crippen LogP contribution in [0.15, 0.2) is 23.6 Å². The minimum Gasteiger partial charge on any atom is -0.327 e. The van der Waals surface area contributed by atoms with Crippen molar-refractivity contribution in [3.05, 3.63) is 23.6 Å². The van der Waals surface area contributed by atoms with Crippen LogP contribution in [0.1, 0.15) is 20.3 Å². The van der Waals surface area contributed by atoms with Crippen LogP contribution in [0, 0.1) is 0 Å². The Labute approximate surface area is 61.4 Å². The minimum absolute atomic E-state index is 0.206. The molecule has 0 rings (SSSR count). The second kappa shape index (κ2) is 5.18. The van der Waals surface area contributed by atoms with Gasteiger partial charge in [-0.1, -0.05) is 18.6 Å². The van der Waals surface area contributed by atoms with Gasteiger partial charge in [0.1, 0.15) is 5.83 Å². The van der Waals surface area contributed by atoms with Gasteiger partial charge < -0.3 is 5.73 Å². The highest BCUT2D eigenvalue weighted by Gasteiger charge is 1.91. The van der Waals surface area contributed by atoms with E-state index in [0.717, 1.165) is 12.0 Å². The molecular formula is C8H14FN. The topological polar surface area (TPSA) is 26.0 Å². The van der Waals surface area contributed by atoms with Gasteiger partial charge >= 0.3 is 0 Å². The Morgan fingerprint density at radius 1 is 1.60 bits per heavy atom. The average Bonchev–Trinajstić information content (AvgIpc) is 1.99. The predicted octanol–water partition coefficient (Wildman–Crippen LogP) is 2.15. The Bertz CT molecular complexity index is 141. The van der Waals surface area contributed by atoms with Gasteiger partial charge in [-0.15, -0.1) is 0 Å². The van der Waals surface area contributed by atoms with Crippen molar-refractivity contribution in [2.24, 2.45) is 5.73 Å². The fraction of sp³-hybridized carbons (Fsp3) is 0.500. The van der Waals surface area contributed by atoms with Crippen LogP contribution in [0.4, 0.5) is 4.39 Å². The molecule has 0 aliphatic heterocycles. The molecule has 58 valence electrons. The van der Waals surface area contributed by atoms with E-state index < -0.39 is 0 Å². The van der Waals surface area contributed by atoms with Crippen molar-refractivity contribution in [2.45, 2.75) is 20.3 Å². The van der Waals surface area contributed by atoms with E-state index in [1.807, 2.05) is 6.92 Å². The fourth-order valence-corrected chi connectivity index (χ4v) is 0.584. The zero-order valence-electron chi connectivity index (χ0n) is 6.52. The molecule has 0 atom stereocenters. The summed E-state index contributed by atoms with van der Waals surface area (Å²) in [5.41, 5.74) is 6.26. The molecule has 0 aromatic carbocycles. The van der Waals surface area contributed by atoms with Crippen LogP contribution in [0.2, 0.25) is 0 Å². The molecule has 0 aromatic rings. The van der Waals surface area contributed by atoms with E-state index in [9.17, 15) is 4.39 Å². The maximum atomic E-state index is 12.5. The Morgan fingerprint density at radius 2 is 2.20 bits per heavy atom. The van der Waals surface area contributed by atoms with E-state index in [4.69, 9.17) is 5.73 Å². The molecule has 10 heavy (non-hydrogen) atoms. The van der Waals surface area contributed by atoms with E-state index in [2.05, 4.69) is 0 Å². The van der Waals surface area contributed by atoms with Crippen molar-refractivity contribution in [3.63, 3.8) is 0 Å². The number of hydrogen-bond donors (Lipinski definition) is 1. The molecule has 0 saturated carbocycles. The van der Waals surface area contributed by atoms with Gasteiger partial charge in [-0.2, -0.15) is 0 Å². The molecule has 0 spiro atoms. The molecule has 0 saturated heterocycles. The summed E-state index contributed by atoms with van der Waals surface area (Å²) < 4.78 is 12.5. The molecule has 0 radical (unpaired) electrons. The highest BCUT2D eigenvalue weighted by Crippen LogP contribution is 2.05. The summed E-state index contributed by atoms with van der Waals surface area (Å²) in [4.78, 5) is 0. The van der Waals surface area contributed by atoms with Gasteiger partial charge in [0.25, 0.3) is 0 Å². The Morgan fingerprint density at radius 3 is 2.50 bits per heavy atom. The maximum Gasteiger partial charge on any atom is 0.118 e. The number of nitrogens with two attached hydrogens (primary N) is 1. The summed E-state index contributed by atoms with van der Waals surface area (Å²) in [6.45, 7) is 4.06. The molecule has 0 amide bonds. The second-order valence-electron chi connectivity index (χ2n) is 2.03. The number of rotatable bonds is 3. The van der Waals surface area contributed by atoms with E-state index in [1.54, 1.807) is 6.92 Å². The molecule has 0 aromatic heterocycles. The van der Waals surface area contributed by atoms with Crippen LogP contribution in [-0.4, -0.2) is 6.54 Å². The molecule has 1 nitrogen and oxygen atoms in total. The molecule has 0 aliphatic rings. The fourth-order valence-electron chi connectivity index (χ4n) is 0.584. The number of halogens is 1. The first-order chi connectivity index (χ1) is 4.74. The quantitative estimate of drug-likeness (QED) is 0.602. The first-order valence-electron chi connectivity index (χ1n) is 3.45. The van der Waals surface area contributed by atoms with E-state index >= 15 is 0 Å². The largest absolute Gasteiger partial charge is 0.327 e. The third-order valence-electron chi connectivity index (χ3n) is 1.33. The average molecular weight is 143 g/mol. The van der Waals surface area contributed by atoms with Crippen LogP contribution in [0.3, 0.4) is 0 Å². The molecule has 2 N–H and O–H groups in total. The summed E-state index contributed by atoms with van der Waals surface area (Å²) in [5.74, 6) is -0.206. The molecule has 2 heteroatoms. The van der Waals surface area contributed by atoms with Crippen LogP contribution >= 0.6 is 0 Å². The Kier molecular flexibility index (Phi) is 4.85. The summed E-state index contributed by atoms with van der Waals surface area (Å²) in [6.07, 6.45) is 3.73. The van der Waals surface area contributed by atoms with Gasteiger partial charge in [0.2, 0.25) is 0 Å². The lowest BCUT2D eigenvalue weighted by molar-refractivity contribution is 0.661. The zero-order valence-corrected chi connectivity index (χ0v) is 6.52. The van der Waals surface area contributed by atoms with E-state index in [0.29, 0.717) is 6.54 Å². The predicted molar refractivity (Wildman–Crippen MR) is 42.3 cm³/mol. The molecule has 0 heterocycles. The molecule has 0 aliphatic carbocycles. The summed E-state index contributed by atoms with van der Waals surface area (Å²) in [6, 6.07) is 0. The molecular weight excluding hydrogens is 129 g/mol. The molecule has 0 fully saturated rings. The van der Waals surface area contributed by atoms with Gasteiger partial charge in [0.15, 0.2) is 0 Å². The van der Waals surface area contributed by atoms with E-state index in [-0.39, 0.29) is 5.83 Å². The molecule has 0 unspecified atom stereocenters. The van der Waals surface area contributed by atoms with Crippen molar-refractivity contribution >= 4 is 0 Å². The molecule has 0 bridgehead atoms. The lowest BCUT2D eigenvalue weighted by Crippen LogP contribution is -2.01. The normalized spacial score (nSPS) is 14.0. The highest BCUT2D eigenvalue weighted by molar-refractivity contribution is 5.17. The van der Waals surface area contributed by atoms with Crippen molar-refractivity contribution in [3.8, 4) is 0 Å². The Hall–Kier alpha value is -0.630. The highest BCUT2D eigenvalue weighted by atomic mass is 19.1. The SMILES string of the molecule is C/C=C(F)\C=C(/CC)CN. The van der Waals surface area contributed by atoms with Crippen molar-refractivity contribution in [1.82, 2.24) is 0 Å². The summed E-state index contributed by atoms with van der Waals surface area (Å²) >= 11 is 0. The van der Waals surface area contributed by atoms with Crippen LogP contribution < -0.4 is 5.73 Å². The van der Waals surface area contributed by atoms with Crippen LogP contribution in [-0.2, 0) is 0 Å². The maximum absolute atomic E-state index is 12.5. The van der Waals surface area contributed by atoms with Gasteiger partial charge in [-0.25, -0.2) is 4.39 Å². The lowest BCUT2D eigenvalue weighted by atomic mass is 10.2. The van der Waals surface area contributed by atoms with Gasteiger partial charge in [0.05, 0.1) is 0 Å². The summed E-state index contributed by atoms with van der Waals surface area (Å²) in [5, 5.41) is 0. The smallest absolute Gasteiger partial charge is 0.118 e. The van der Waals surface area contributed by atoms with Crippen molar-refractivity contribution in [1.29, 1.82) is 0 Å². The third kappa shape index (κ3) is 3.41. The van der Waals surface area contributed by atoms with Crippen LogP contribution in [0.5, 0.6) is 0 Å². The van der Waals surface area contributed by atoms with Gasteiger partial charge in [0, 0.05) is 6.54 Å². The monoisotopic (exact) mass is 143 g/mol. The van der Waals surface area contributed by atoms with Crippen LogP contribution in [0.25, 0.3) is 0 Å². The standard InChI is InChI=1S/C8H14FN/c1-3-7(6-10)5-8(9)4-2/h4-5H,3,6,10H2,1-2H3/b7-5+,8-4+. The van der Waals surface area contributed by atoms with E-state index in [1.165, 1.54) is 12.2 Å². The van der Waals surface area contributed by atoms with Gasteiger partial charge in [-0.05, 0) is 19.4 Å². The minimum atomic E-state index is -0.206. The first kappa shape index (κ1) is 9.37. The second-order valence-corrected chi connectivity index (χ2v) is 2.03. The van der Waals surface area contributed by atoms with Crippen molar-refractivity contribution < 1.29 is 4.39 Å². The van der Waals surface area contributed by atoms with Gasteiger partial charge in [-0.3, -0.25) is 0 Å². The third-order valence-corrected chi connectivity index (χ3v) is 1.33.